The molecule has 0 radical (unpaired) electrons. The molecule has 314 valence electrons. The van der Waals surface area contributed by atoms with Crippen LogP contribution in [0.1, 0.15) is 36.7 Å². The molecule has 8 N–H and O–H groups in total. The molecule has 1 aromatic heterocycles. The number of fused-ring (bicyclic) bond motifs is 1. The highest BCUT2D eigenvalue weighted by Gasteiger charge is 2.30. The van der Waals surface area contributed by atoms with Gasteiger partial charge in [-0.15, -0.1) is 0 Å². The summed E-state index contributed by atoms with van der Waals surface area (Å²) in [6.45, 7) is 4.29. The molecule has 4 aromatic carbocycles. The zero-order valence-electron chi connectivity index (χ0n) is 33.9. The van der Waals surface area contributed by atoms with Gasteiger partial charge >= 0.3 is 6.03 Å². The van der Waals surface area contributed by atoms with Crippen molar-refractivity contribution >= 4 is 62.3 Å². The minimum Gasteiger partial charge on any atom is -0.496 e. The number of anilines is 5. The van der Waals surface area contributed by atoms with Crippen LogP contribution in [0, 0.1) is 5.41 Å². The van der Waals surface area contributed by atoms with Gasteiger partial charge in [-0.05, 0) is 41.3 Å². The number of carbonyl (C=O) groups is 2. The number of hydrogen-bond donors (Lipinski definition) is 8. The summed E-state index contributed by atoms with van der Waals surface area (Å²) in [6.07, 6.45) is 3.08. The number of urea groups is 1. The maximum Gasteiger partial charge on any atom is 0.323 e. The second kappa shape index (κ2) is 19.1. The predicted molar refractivity (Wildman–Crippen MR) is 229 cm³/mol. The Bertz CT molecular complexity index is 2300. The molecule has 0 saturated heterocycles. The number of pyridine rings is 1. The van der Waals surface area contributed by atoms with Crippen LogP contribution in [-0.2, 0) is 16.4 Å². The number of aliphatic hydroxyl groups excluding tert-OH is 3. The van der Waals surface area contributed by atoms with E-state index in [1.807, 2.05) is 57.2 Å². The molecule has 17 heteroatoms. The molecule has 3 amide bonds. The molecule has 5 aromatic rings. The summed E-state index contributed by atoms with van der Waals surface area (Å²) >= 11 is 0. The van der Waals surface area contributed by atoms with Gasteiger partial charge in [-0.2, -0.15) is 0 Å². The Labute approximate surface area is 344 Å². The van der Waals surface area contributed by atoms with Gasteiger partial charge in [0.1, 0.15) is 45.4 Å². The van der Waals surface area contributed by atoms with E-state index in [9.17, 15) is 29.1 Å². The first-order valence-electron chi connectivity index (χ1n) is 18.4. The van der Waals surface area contributed by atoms with Crippen LogP contribution in [0.4, 0.5) is 33.4 Å². The van der Waals surface area contributed by atoms with Crippen molar-refractivity contribution in [1.82, 2.24) is 10.3 Å². The number of rotatable bonds is 17. The average molecular weight is 831 g/mol. The van der Waals surface area contributed by atoms with Gasteiger partial charge in [0.15, 0.2) is 5.75 Å². The third kappa shape index (κ3) is 10.5. The van der Waals surface area contributed by atoms with Crippen LogP contribution in [0.2, 0.25) is 0 Å². The number of benzene rings is 4. The maximum atomic E-state index is 13.5. The second-order valence-corrected chi connectivity index (χ2v) is 15.8. The van der Waals surface area contributed by atoms with Crippen LogP contribution < -0.4 is 44.9 Å². The lowest BCUT2D eigenvalue weighted by molar-refractivity contribution is 0.00696. The Morgan fingerprint density at radius 1 is 0.763 bits per heavy atom. The number of aromatic nitrogens is 1. The monoisotopic (exact) mass is 830 g/mol. The van der Waals surface area contributed by atoms with E-state index >= 15 is 0 Å². The molecule has 0 aliphatic heterocycles. The van der Waals surface area contributed by atoms with Crippen LogP contribution in [0.5, 0.6) is 28.7 Å². The summed E-state index contributed by atoms with van der Waals surface area (Å²) in [5, 5.41) is 42.1. The third-order valence-electron chi connectivity index (χ3n) is 9.39. The number of nitrogens with zero attached hydrogens (tertiary/aromatic N) is 1. The summed E-state index contributed by atoms with van der Waals surface area (Å²) in [5.41, 5.74) is 1.26. The zero-order valence-corrected chi connectivity index (χ0v) is 34.7. The Balaban J connectivity index is 1.36. The standard InChI is InChI=1S/C42H50N6O10S/c1-41(2,3)25-16-31(38(57-6)32(17-25)48-59(7)54)47-40(53)46-30-12-13-33(29-11-9-8-10-28(29)30)58-27-14-15-43-36(20-27)45-26-18-34(55-4)37(35(19-26)56-5)39(52)44-21-42(22-49,23-50)24-51/h8-20,48-51H,21-24H2,1-7H3,(H,43,45)(H,44,52)(H2,46,47,53). The van der Waals surface area contributed by atoms with Gasteiger partial charge in [-0.3, -0.25) is 4.79 Å². The van der Waals surface area contributed by atoms with Crippen LogP contribution in [-0.4, -0.2) is 90.4 Å². The number of amides is 3. The van der Waals surface area contributed by atoms with Crippen molar-refractivity contribution in [2.45, 2.75) is 26.2 Å². The van der Waals surface area contributed by atoms with Gasteiger partial charge in [0.25, 0.3) is 5.91 Å². The molecule has 0 bridgehead atoms. The molecule has 5 rings (SSSR count). The fourth-order valence-electron chi connectivity index (χ4n) is 6.05. The molecule has 0 aliphatic carbocycles. The van der Waals surface area contributed by atoms with Crippen LogP contribution >= 0.6 is 0 Å². The number of nitrogens with one attached hydrogen (secondary N) is 5. The Hall–Kier alpha value is -6.14. The largest absolute Gasteiger partial charge is 0.496 e. The van der Waals surface area contributed by atoms with Crippen molar-refractivity contribution < 1.29 is 48.1 Å². The summed E-state index contributed by atoms with van der Waals surface area (Å²) in [5.74, 6) is 1.44. The van der Waals surface area contributed by atoms with E-state index in [1.54, 1.807) is 42.6 Å². The fraction of sp³-hybridized carbons (Fsp3) is 0.310. The SMILES string of the molecule is COc1cc(Nc2cc(Oc3ccc(NC(=O)Nc4cc(C(C)(C)C)cc(NS(C)=O)c4OC)c4ccccc34)ccn2)cc(OC)c1C(=O)NCC(CO)(CO)CO. The summed E-state index contributed by atoms with van der Waals surface area (Å²) in [4.78, 5) is 31.2. The van der Waals surface area contributed by atoms with Gasteiger partial charge in [-0.1, -0.05) is 45.0 Å². The van der Waals surface area contributed by atoms with Crippen molar-refractivity contribution in [1.29, 1.82) is 0 Å². The van der Waals surface area contributed by atoms with Gasteiger partial charge in [-0.25, -0.2) is 14.0 Å². The average Bonchev–Trinajstić information content (AvgIpc) is 3.21. The van der Waals surface area contributed by atoms with Crippen LogP contribution in [0.3, 0.4) is 0 Å². The molecule has 1 atom stereocenters. The minimum absolute atomic E-state index is 0.0715. The van der Waals surface area contributed by atoms with Crippen molar-refractivity contribution in [3.05, 3.63) is 90.1 Å². The smallest absolute Gasteiger partial charge is 0.323 e. The van der Waals surface area contributed by atoms with Gasteiger partial charge < -0.3 is 60.3 Å². The molecule has 0 fully saturated rings. The summed E-state index contributed by atoms with van der Waals surface area (Å²) in [6, 6.07) is 20.7. The molecule has 1 unspecified atom stereocenters. The predicted octanol–water partition coefficient (Wildman–Crippen LogP) is 6.14. The quantitative estimate of drug-likeness (QED) is 0.0530. The van der Waals surface area contributed by atoms with E-state index in [-0.39, 0.29) is 29.0 Å². The second-order valence-electron chi connectivity index (χ2n) is 14.7. The van der Waals surface area contributed by atoms with E-state index < -0.39 is 48.2 Å². The number of hydrogen-bond acceptors (Lipinski definition) is 12. The first-order chi connectivity index (χ1) is 28.2. The lowest BCUT2D eigenvalue weighted by Gasteiger charge is -2.27. The Morgan fingerprint density at radius 2 is 1.39 bits per heavy atom. The van der Waals surface area contributed by atoms with E-state index in [0.29, 0.717) is 51.2 Å². The van der Waals surface area contributed by atoms with Gasteiger partial charge in [0.2, 0.25) is 0 Å². The van der Waals surface area contributed by atoms with Gasteiger partial charge in [0.05, 0.1) is 63.6 Å². The number of methoxy groups -OCH3 is 3. The molecule has 1 heterocycles. The first kappa shape index (κ1) is 44.0. The summed E-state index contributed by atoms with van der Waals surface area (Å²) in [7, 11) is 2.89. The number of carbonyl (C=O) groups excluding carboxylic acids is 2. The minimum atomic E-state index is -1.38. The lowest BCUT2D eigenvalue weighted by atomic mass is 9.86. The van der Waals surface area contributed by atoms with E-state index in [2.05, 4.69) is 31.0 Å². The highest BCUT2D eigenvalue weighted by molar-refractivity contribution is 7.85. The molecular weight excluding hydrogens is 781 g/mol. The van der Waals surface area contributed by atoms with Crippen molar-refractivity contribution in [3.63, 3.8) is 0 Å². The third-order valence-corrected chi connectivity index (χ3v) is 9.90. The zero-order chi connectivity index (χ0) is 42.9. The van der Waals surface area contributed by atoms with Crippen LogP contribution in [0.25, 0.3) is 10.8 Å². The number of ether oxygens (including phenoxy) is 4. The maximum absolute atomic E-state index is 13.5. The summed E-state index contributed by atoms with van der Waals surface area (Å²) < 4.78 is 38.0. The van der Waals surface area contributed by atoms with Crippen molar-refractivity contribution in [2.24, 2.45) is 5.41 Å². The number of aliphatic hydroxyl groups is 3. The van der Waals surface area contributed by atoms with E-state index in [0.717, 1.165) is 10.9 Å². The van der Waals surface area contributed by atoms with Gasteiger partial charge in [0, 0.05) is 53.7 Å². The van der Waals surface area contributed by atoms with Crippen molar-refractivity contribution in [2.75, 3.05) is 74.6 Å². The fourth-order valence-corrected chi connectivity index (χ4v) is 6.51. The normalized spacial score (nSPS) is 12.0. The Morgan fingerprint density at radius 3 is 1.98 bits per heavy atom. The molecule has 0 saturated carbocycles. The van der Waals surface area contributed by atoms with Crippen molar-refractivity contribution in [3.8, 4) is 28.7 Å². The van der Waals surface area contributed by atoms with E-state index in [4.69, 9.17) is 18.9 Å². The lowest BCUT2D eigenvalue weighted by Crippen LogP contribution is -2.45. The topological polar surface area (TPSA) is 222 Å². The Kier molecular flexibility index (Phi) is 14.2. The highest BCUT2D eigenvalue weighted by Crippen LogP contribution is 2.40. The highest BCUT2D eigenvalue weighted by atomic mass is 32.2. The van der Waals surface area contributed by atoms with Crippen LogP contribution in [0.15, 0.2) is 79.0 Å². The molecule has 59 heavy (non-hydrogen) atoms. The first-order valence-corrected chi connectivity index (χ1v) is 19.9. The molecule has 0 aliphatic rings. The van der Waals surface area contributed by atoms with E-state index in [1.165, 1.54) is 27.6 Å². The molecule has 0 spiro atoms. The molecule has 16 nitrogen and oxygen atoms in total. The molecular formula is C42H50N6O10S.